The fourth-order valence-electron chi connectivity index (χ4n) is 2.62. The molecule has 2 aromatic carbocycles. The second-order valence-electron chi connectivity index (χ2n) is 6.64. The van der Waals surface area contributed by atoms with E-state index < -0.39 is 9.84 Å². The van der Waals surface area contributed by atoms with E-state index in [9.17, 15) is 13.2 Å². The molecule has 0 aliphatic rings. The highest BCUT2D eigenvalue weighted by atomic mass is 35.5. The molecule has 0 aliphatic heterocycles. The number of hydrogen-bond donors (Lipinski definition) is 0. The van der Waals surface area contributed by atoms with Crippen LogP contribution < -0.4 is 4.90 Å². The van der Waals surface area contributed by atoms with Crippen LogP contribution in [0.4, 0.5) is 5.13 Å². The number of aromatic nitrogens is 1. The number of nitrogens with zero attached hydrogens (tertiary/aromatic N) is 3. The van der Waals surface area contributed by atoms with Gasteiger partial charge in [0.25, 0.3) is 5.91 Å². The first-order chi connectivity index (χ1) is 13.2. The Labute approximate surface area is 185 Å². The van der Waals surface area contributed by atoms with Gasteiger partial charge < -0.3 is 4.90 Å². The third kappa shape index (κ3) is 5.46. The highest BCUT2D eigenvalue weighted by Gasteiger charge is 2.23. The molecule has 0 radical (unpaired) electrons. The number of likely N-dealkylation sites (N-methyl/N-ethyl adjacent to an activating group) is 1. The van der Waals surface area contributed by atoms with Gasteiger partial charge in [-0.05, 0) is 44.4 Å². The van der Waals surface area contributed by atoms with Crippen molar-refractivity contribution in [2.45, 2.75) is 4.90 Å². The fourth-order valence-corrected chi connectivity index (χ4v) is 4.57. The van der Waals surface area contributed by atoms with Crippen LogP contribution in [0.1, 0.15) is 10.4 Å². The maximum Gasteiger partial charge on any atom is 0.260 e. The molecule has 0 saturated carbocycles. The Bertz CT molecular complexity index is 1130. The van der Waals surface area contributed by atoms with Gasteiger partial charge >= 0.3 is 0 Å². The fraction of sp³-hybridized carbons (Fsp3) is 0.263. The van der Waals surface area contributed by atoms with Gasteiger partial charge in [0.1, 0.15) is 5.52 Å². The molecule has 1 aromatic heterocycles. The molecule has 0 spiro atoms. The Morgan fingerprint density at radius 3 is 2.45 bits per heavy atom. The molecule has 0 aliphatic carbocycles. The van der Waals surface area contributed by atoms with Crippen LogP contribution >= 0.6 is 35.3 Å². The number of rotatable bonds is 6. The van der Waals surface area contributed by atoms with E-state index in [0.29, 0.717) is 34.3 Å². The molecule has 156 valence electrons. The van der Waals surface area contributed by atoms with E-state index in [1.54, 1.807) is 23.1 Å². The summed E-state index contributed by atoms with van der Waals surface area (Å²) < 4.78 is 24.6. The van der Waals surface area contributed by atoms with Crippen molar-refractivity contribution in [2.75, 3.05) is 38.3 Å². The van der Waals surface area contributed by atoms with Gasteiger partial charge in [0.15, 0.2) is 15.0 Å². The number of fused-ring (bicyclic) bond motifs is 1. The second kappa shape index (κ2) is 9.40. The van der Waals surface area contributed by atoms with Crippen molar-refractivity contribution in [3.63, 3.8) is 0 Å². The lowest BCUT2D eigenvalue weighted by Crippen LogP contribution is -2.36. The summed E-state index contributed by atoms with van der Waals surface area (Å²) in [7, 11) is 0.427. The molecule has 0 N–H and O–H groups in total. The number of sulfone groups is 1. The molecule has 0 unspecified atom stereocenters. The minimum atomic E-state index is -3.41. The first-order valence-corrected chi connectivity index (χ1v) is 11.6. The predicted molar refractivity (Wildman–Crippen MR) is 122 cm³/mol. The topological polar surface area (TPSA) is 70.6 Å². The van der Waals surface area contributed by atoms with Gasteiger partial charge in [-0.15, -0.1) is 12.4 Å². The number of thiazole rings is 1. The molecule has 1 amide bonds. The van der Waals surface area contributed by atoms with E-state index in [1.807, 2.05) is 31.1 Å². The van der Waals surface area contributed by atoms with Crippen molar-refractivity contribution in [3.05, 3.63) is 53.1 Å². The summed E-state index contributed by atoms with van der Waals surface area (Å²) in [6, 6.07) is 11.6. The smallest absolute Gasteiger partial charge is 0.260 e. The number of anilines is 1. The maximum atomic E-state index is 13.2. The zero-order chi connectivity index (χ0) is 20.5. The number of carbonyl (C=O) groups is 1. The normalized spacial score (nSPS) is 11.5. The third-order valence-corrected chi connectivity index (χ3v) is 6.57. The van der Waals surface area contributed by atoms with Crippen LogP contribution in [0.2, 0.25) is 5.02 Å². The van der Waals surface area contributed by atoms with Gasteiger partial charge in [0, 0.05) is 24.9 Å². The summed E-state index contributed by atoms with van der Waals surface area (Å²) in [4.78, 5) is 21.5. The van der Waals surface area contributed by atoms with Crippen LogP contribution in [-0.4, -0.2) is 57.6 Å². The number of halogens is 2. The van der Waals surface area contributed by atoms with Crippen molar-refractivity contribution in [1.82, 2.24) is 9.88 Å². The Hall–Kier alpha value is -1.71. The summed E-state index contributed by atoms with van der Waals surface area (Å²) in [6.45, 7) is 1.04. The van der Waals surface area contributed by atoms with Gasteiger partial charge in [-0.2, -0.15) is 0 Å². The third-order valence-electron chi connectivity index (χ3n) is 4.11. The first kappa shape index (κ1) is 23.6. The quantitative estimate of drug-likeness (QED) is 0.541. The molecule has 0 atom stereocenters. The lowest BCUT2D eigenvalue weighted by atomic mass is 10.2. The van der Waals surface area contributed by atoms with E-state index in [1.165, 1.54) is 23.5 Å². The summed E-state index contributed by atoms with van der Waals surface area (Å²) in [5, 5.41) is 1.05. The first-order valence-electron chi connectivity index (χ1n) is 8.48. The standard InChI is InChI=1S/C19H20ClN3O3S2.ClH/c1-22(2)10-11-23(19-21-17-15(20)8-5-9-16(17)27-19)18(24)13-6-4-7-14(12-13)28(3,25)26;/h4-9,12H,10-11H2,1-3H3;1H. The summed E-state index contributed by atoms with van der Waals surface area (Å²) in [5.74, 6) is -0.303. The minimum Gasteiger partial charge on any atom is -0.308 e. The largest absolute Gasteiger partial charge is 0.308 e. The van der Waals surface area contributed by atoms with Gasteiger partial charge in [0.05, 0.1) is 14.6 Å². The molecular weight excluding hydrogens is 453 g/mol. The van der Waals surface area contributed by atoms with Crippen LogP contribution in [0.15, 0.2) is 47.4 Å². The van der Waals surface area contributed by atoms with Crippen molar-refractivity contribution in [2.24, 2.45) is 0 Å². The van der Waals surface area contributed by atoms with E-state index in [4.69, 9.17) is 11.6 Å². The van der Waals surface area contributed by atoms with Crippen molar-refractivity contribution < 1.29 is 13.2 Å². The Balaban J connectivity index is 0.00000300. The van der Waals surface area contributed by atoms with Crippen LogP contribution in [0, 0.1) is 0 Å². The zero-order valence-corrected chi connectivity index (χ0v) is 19.3. The van der Waals surface area contributed by atoms with Crippen LogP contribution in [0.5, 0.6) is 0 Å². The summed E-state index contributed by atoms with van der Waals surface area (Å²) in [6.07, 6.45) is 1.12. The molecule has 3 aromatic rings. The zero-order valence-electron chi connectivity index (χ0n) is 16.1. The molecular formula is C19H21Cl2N3O3S2. The summed E-state index contributed by atoms with van der Waals surface area (Å²) in [5.41, 5.74) is 0.948. The number of para-hydroxylation sites is 1. The number of carbonyl (C=O) groups excluding carboxylic acids is 1. The highest BCUT2D eigenvalue weighted by Crippen LogP contribution is 2.33. The average Bonchev–Trinajstić information content (AvgIpc) is 3.06. The summed E-state index contributed by atoms with van der Waals surface area (Å²) >= 11 is 7.61. The molecule has 0 fully saturated rings. The maximum absolute atomic E-state index is 13.2. The van der Waals surface area contributed by atoms with Gasteiger partial charge in [-0.1, -0.05) is 35.1 Å². The Morgan fingerprint density at radius 1 is 1.14 bits per heavy atom. The lowest BCUT2D eigenvalue weighted by Gasteiger charge is -2.22. The van der Waals surface area contributed by atoms with Crippen molar-refractivity contribution in [1.29, 1.82) is 0 Å². The van der Waals surface area contributed by atoms with E-state index in [0.717, 1.165) is 11.0 Å². The Morgan fingerprint density at radius 2 is 1.83 bits per heavy atom. The van der Waals surface area contributed by atoms with Crippen LogP contribution in [-0.2, 0) is 9.84 Å². The average molecular weight is 474 g/mol. The number of amides is 1. The Kier molecular flexibility index (Phi) is 7.64. The molecule has 6 nitrogen and oxygen atoms in total. The molecule has 29 heavy (non-hydrogen) atoms. The highest BCUT2D eigenvalue weighted by molar-refractivity contribution is 7.90. The van der Waals surface area contributed by atoms with Gasteiger partial charge in [-0.3, -0.25) is 9.69 Å². The van der Waals surface area contributed by atoms with Crippen LogP contribution in [0.25, 0.3) is 10.2 Å². The number of hydrogen-bond acceptors (Lipinski definition) is 6. The minimum absolute atomic E-state index is 0. The lowest BCUT2D eigenvalue weighted by molar-refractivity contribution is 0.0985. The van der Waals surface area contributed by atoms with E-state index >= 15 is 0 Å². The van der Waals surface area contributed by atoms with Crippen molar-refractivity contribution >= 4 is 66.4 Å². The SMILES string of the molecule is CN(C)CCN(C(=O)c1cccc(S(C)(=O)=O)c1)c1nc2c(Cl)cccc2s1.Cl. The molecule has 1 heterocycles. The van der Waals surface area contributed by atoms with Crippen molar-refractivity contribution in [3.8, 4) is 0 Å². The molecule has 0 bridgehead atoms. The second-order valence-corrected chi connectivity index (χ2v) is 10.1. The predicted octanol–water partition coefficient (Wildman–Crippen LogP) is 3.98. The molecule has 10 heteroatoms. The van der Waals surface area contributed by atoms with Crippen LogP contribution in [0.3, 0.4) is 0 Å². The van der Waals surface area contributed by atoms with Gasteiger partial charge in [0.2, 0.25) is 0 Å². The monoisotopic (exact) mass is 473 g/mol. The van der Waals surface area contributed by atoms with E-state index in [2.05, 4.69) is 4.98 Å². The van der Waals surface area contributed by atoms with E-state index in [-0.39, 0.29) is 23.2 Å². The van der Waals surface area contributed by atoms with Gasteiger partial charge in [-0.25, -0.2) is 13.4 Å². The molecule has 3 rings (SSSR count). The number of benzene rings is 2. The molecule has 0 saturated heterocycles.